The van der Waals surface area contributed by atoms with Crippen LogP contribution in [0.4, 0.5) is 4.39 Å². The molecule has 1 atom stereocenters. The monoisotopic (exact) mass is 291 g/mol. The first kappa shape index (κ1) is 13.8. The fourth-order valence-corrected chi connectivity index (χ4v) is 3.93. The van der Waals surface area contributed by atoms with Gasteiger partial charge in [0.1, 0.15) is 5.82 Å². The van der Waals surface area contributed by atoms with Gasteiger partial charge in [-0.05, 0) is 25.0 Å². The lowest BCUT2D eigenvalue weighted by molar-refractivity contribution is 0.473. The molecule has 1 aromatic rings. The lowest BCUT2D eigenvalue weighted by atomic mass is 10.1. The molecule has 1 heterocycles. The molecule has 0 bridgehead atoms. The van der Waals surface area contributed by atoms with E-state index in [0.717, 1.165) is 6.42 Å². The summed E-state index contributed by atoms with van der Waals surface area (Å²) < 4.78 is 36.4. The zero-order chi connectivity index (χ0) is 13.2. The van der Waals surface area contributed by atoms with Gasteiger partial charge in [-0.15, -0.1) is 0 Å². The second-order valence-electron chi connectivity index (χ2n) is 4.57. The number of hydrogen-bond acceptors (Lipinski definition) is 3. The van der Waals surface area contributed by atoms with E-state index in [0.29, 0.717) is 23.6 Å². The van der Waals surface area contributed by atoms with Crippen molar-refractivity contribution in [2.45, 2.75) is 25.4 Å². The van der Waals surface area contributed by atoms with Gasteiger partial charge in [0.2, 0.25) is 0 Å². The van der Waals surface area contributed by atoms with Gasteiger partial charge in [0.15, 0.2) is 9.84 Å². The molecule has 1 unspecified atom stereocenters. The molecule has 1 aliphatic heterocycles. The van der Waals surface area contributed by atoms with E-state index in [1.807, 2.05) is 0 Å². The number of nitrogens with one attached hydrogen (secondary N) is 1. The Morgan fingerprint density at radius 2 is 2.22 bits per heavy atom. The molecule has 0 amide bonds. The third-order valence-electron chi connectivity index (χ3n) is 3.06. The first-order valence-corrected chi connectivity index (χ1v) is 8.04. The minimum Gasteiger partial charge on any atom is -0.309 e. The van der Waals surface area contributed by atoms with Crippen LogP contribution < -0.4 is 5.32 Å². The van der Waals surface area contributed by atoms with Crippen molar-refractivity contribution < 1.29 is 12.8 Å². The molecule has 1 N–H and O–H groups in total. The lowest BCUT2D eigenvalue weighted by Gasteiger charge is -2.23. The van der Waals surface area contributed by atoms with E-state index in [-0.39, 0.29) is 23.4 Å². The third-order valence-corrected chi connectivity index (χ3v) is 5.12. The Hall–Kier alpha value is -0.650. The summed E-state index contributed by atoms with van der Waals surface area (Å²) in [5.74, 6) is 0.0385. The summed E-state index contributed by atoms with van der Waals surface area (Å²) in [4.78, 5) is 0. The van der Waals surface area contributed by atoms with Crippen molar-refractivity contribution in [1.82, 2.24) is 5.32 Å². The van der Waals surface area contributed by atoms with Crippen LogP contribution in [0.1, 0.15) is 18.4 Å². The van der Waals surface area contributed by atoms with Crippen LogP contribution in [0, 0.1) is 5.82 Å². The number of benzene rings is 1. The van der Waals surface area contributed by atoms with Crippen LogP contribution in [0.25, 0.3) is 0 Å². The standard InChI is InChI=1S/C12H15ClFNO2S/c13-10-4-3-9(12(14)6-10)7-15-11-2-1-5-18(16,17)8-11/h3-4,6,11,15H,1-2,5,7-8H2. The van der Waals surface area contributed by atoms with E-state index in [9.17, 15) is 12.8 Å². The highest BCUT2D eigenvalue weighted by molar-refractivity contribution is 7.91. The SMILES string of the molecule is O=S1(=O)CCCC(NCc2ccc(Cl)cc2F)C1. The highest BCUT2D eigenvalue weighted by Gasteiger charge is 2.24. The van der Waals surface area contributed by atoms with Gasteiger partial charge < -0.3 is 5.32 Å². The summed E-state index contributed by atoms with van der Waals surface area (Å²) in [5, 5.41) is 3.45. The van der Waals surface area contributed by atoms with Crippen molar-refractivity contribution in [3.63, 3.8) is 0 Å². The van der Waals surface area contributed by atoms with Gasteiger partial charge in [-0.2, -0.15) is 0 Å². The third kappa shape index (κ3) is 3.67. The quantitative estimate of drug-likeness (QED) is 0.928. The molecule has 0 spiro atoms. The second-order valence-corrected chi connectivity index (χ2v) is 7.24. The average molecular weight is 292 g/mol. The van der Waals surface area contributed by atoms with E-state index in [1.54, 1.807) is 12.1 Å². The van der Waals surface area contributed by atoms with Gasteiger partial charge in [0.05, 0.1) is 11.5 Å². The van der Waals surface area contributed by atoms with E-state index in [2.05, 4.69) is 5.32 Å². The molecule has 0 aromatic heterocycles. The molecular formula is C12H15ClFNO2S. The summed E-state index contributed by atoms with van der Waals surface area (Å²) >= 11 is 5.66. The van der Waals surface area contributed by atoms with Crippen LogP contribution in [0.5, 0.6) is 0 Å². The molecule has 3 nitrogen and oxygen atoms in total. The largest absolute Gasteiger partial charge is 0.309 e. The molecule has 1 aromatic carbocycles. The normalized spacial score (nSPS) is 22.9. The van der Waals surface area contributed by atoms with E-state index in [4.69, 9.17) is 11.6 Å². The predicted octanol–water partition coefficient (Wildman–Crippen LogP) is 2.15. The van der Waals surface area contributed by atoms with Gasteiger partial charge in [0.25, 0.3) is 0 Å². The van der Waals surface area contributed by atoms with Gasteiger partial charge in [-0.25, -0.2) is 12.8 Å². The zero-order valence-corrected chi connectivity index (χ0v) is 11.4. The molecule has 1 fully saturated rings. The minimum absolute atomic E-state index is 0.0844. The maximum Gasteiger partial charge on any atom is 0.151 e. The number of halogens is 2. The predicted molar refractivity (Wildman–Crippen MR) is 69.9 cm³/mol. The molecule has 6 heteroatoms. The van der Waals surface area contributed by atoms with E-state index in [1.165, 1.54) is 6.07 Å². The van der Waals surface area contributed by atoms with Crippen LogP contribution in [0.15, 0.2) is 18.2 Å². The first-order valence-electron chi connectivity index (χ1n) is 5.84. The lowest BCUT2D eigenvalue weighted by Crippen LogP contribution is -2.39. The van der Waals surface area contributed by atoms with Crippen molar-refractivity contribution in [2.24, 2.45) is 0 Å². The minimum atomic E-state index is -2.93. The maximum absolute atomic E-state index is 13.5. The van der Waals surface area contributed by atoms with Crippen molar-refractivity contribution in [3.05, 3.63) is 34.6 Å². The van der Waals surface area contributed by atoms with Crippen LogP contribution in [0.2, 0.25) is 5.02 Å². The van der Waals surface area contributed by atoms with Crippen LogP contribution in [-0.2, 0) is 16.4 Å². The molecule has 1 saturated heterocycles. The zero-order valence-electron chi connectivity index (χ0n) is 9.83. The van der Waals surface area contributed by atoms with Crippen molar-refractivity contribution in [3.8, 4) is 0 Å². The van der Waals surface area contributed by atoms with Crippen molar-refractivity contribution >= 4 is 21.4 Å². The summed E-state index contributed by atoms with van der Waals surface area (Å²) in [5.41, 5.74) is 0.502. The molecule has 1 aliphatic rings. The topological polar surface area (TPSA) is 46.2 Å². The molecule has 0 radical (unpaired) electrons. The highest BCUT2D eigenvalue weighted by Crippen LogP contribution is 2.16. The Morgan fingerprint density at radius 1 is 1.44 bits per heavy atom. The number of rotatable bonds is 3. The Balaban J connectivity index is 1.95. The van der Waals surface area contributed by atoms with E-state index >= 15 is 0 Å². The summed E-state index contributed by atoms with van der Waals surface area (Å²) in [6, 6.07) is 4.41. The molecule has 100 valence electrons. The first-order chi connectivity index (χ1) is 8.46. The fourth-order valence-electron chi connectivity index (χ4n) is 2.10. The fraction of sp³-hybridized carbons (Fsp3) is 0.500. The Kier molecular flexibility index (Phi) is 4.25. The summed E-state index contributed by atoms with van der Waals surface area (Å²) in [6.07, 6.45) is 1.48. The molecule has 18 heavy (non-hydrogen) atoms. The van der Waals surface area contributed by atoms with Gasteiger partial charge in [-0.1, -0.05) is 17.7 Å². The smallest absolute Gasteiger partial charge is 0.151 e. The van der Waals surface area contributed by atoms with Gasteiger partial charge in [0, 0.05) is 23.2 Å². The number of sulfone groups is 1. The molecule has 0 aliphatic carbocycles. The van der Waals surface area contributed by atoms with Gasteiger partial charge in [-0.3, -0.25) is 0 Å². The van der Waals surface area contributed by atoms with Crippen molar-refractivity contribution in [2.75, 3.05) is 11.5 Å². The average Bonchev–Trinajstić information content (AvgIpc) is 2.26. The molecule has 0 saturated carbocycles. The van der Waals surface area contributed by atoms with Crippen molar-refractivity contribution in [1.29, 1.82) is 0 Å². The maximum atomic E-state index is 13.5. The van der Waals surface area contributed by atoms with Crippen LogP contribution in [0.3, 0.4) is 0 Å². The Morgan fingerprint density at radius 3 is 2.89 bits per heavy atom. The highest BCUT2D eigenvalue weighted by atomic mass is 35.5. The van der Waals surface area contributed by atoms with Crippen LogP contribution >= 0.6 is 11.6 Å². The second kappa shape index (κ2) is 5.55. The summed E-state index contributed by atoms with van der Waals surface area (Å²) in [6.45, 7) is 0.323. The van der Waals surface area contributed by atoms with E-state index < -0.39 is 9.84 Å². The Bertz CT molecular complexity index is 533. The Labute approximate surface area is 111 Å². The number of hydrogen-bond donors (Lipinski definition) is 1. The van der Waals surface area contributed by atoms with Crippen LogP contribution in [-0.4, -0.2) is 26.0 Å². The van der Waals surface area contributed by atoms with Gasteiger partial charge >= 0.3 is 0 Å². The summed E-state index contributed by atoms with van der Waals surface area (Å²) in [7, 11) is -2.93. The molecule has 2 rings (SSSR count). The molecular weight excluding hydrogens is 277 g/mol.